The number of hydrogen-bond acceptors (Lipinski definition) is 4. The molecule has 5 nitrogen and oxygen atoms in total. The van der Waals surface area contributed by atoms with Gasteiger partial charge in [-0.2, -0.15) is 0 Å². The van der Waals surface area contributed by atoms with Gasteiger partial charge in [0.05, 0.1) is 0 Å². The maximum absolute atomic E-state index is 13.3. The summed E-state index contributed by atoms with van der Waals surface area (Å²) in [6.45, 7) is 1.84. The van der Waals surface area contributed by atoms with Gasteiger partial charge in [0.2, 0.25) is 5.91 Å². The first kappa shape index (κ1) is 17.3. The average molecular weight is 366 g/mol. The Hall–Kier alpha value is -3.15. The van der Waals surface area contributed by atoms with Crippen LogP contribution in [-0.4, -0.2) is 11.9 Å². The Bertz CT molecular complexity index is 1060. The molecule has 0 saturated heterocycles. The number of amides is 1. The topological polar surface area (TPSA) is 71.3 Å². The van der Waals surface area contributed by atoms with E-state index in [-0.39, 0.29) is 17.8 Å². The van der Waals surface area contributed by atoms with Crippen molar-refractivity contribution in [1.82, 2.24) is 5.32 Å². The number of nitrogens with one attached hydrogen (secondary N) is 2. The maximum Gasteiger partial charge on any atom is 0.336 e. The number of carbonyl (C=O) groups excluding carboxylic acids is 1. The van der Waals surface area contributed by atoms with Crippen LogP contribution in [0.5, 0.6) is 0 Å². The van der Waals surface area contributed by atoms with Crippen molar-refractivity contribution in [3.05, 3.63) is 75.9 Å². The van der Waals surface area contributed by atoms with Crippen molar-refractivity contribution < 1.29 is 13.6 Å². The van der Waals surface area contributed by atoms with Gasteiger partial charge in [0.1, 0.15) is 17.4 Å². The van der Waals surface area contributed by atoms with Crippen molar-refractivity contribution in [2.24, 2.45) is 0 Å². The molecule has 1 fully saturated rings. The second kappa shape index (κ2) is 6.87. The molecule has 6 heteroatoms. The van der Waals surface area contributed by atoms with Gasteiger partial charge in [-0.25, -0.2) is 9.18 Å². The van der Waals surface area contributed by atoms with Crippen molar-refractivity contribution in [3.8, 4) is 0 Å². The standard InChI is InChI=1S/C21H19FN2O3/c1-12-10-19(25)27-18-11-16(8-9-17(12)18)23-20(21(26)24-15-6-7-15)13-2-4-14(22)5-3-13/h2-5,8-11,15,20,23H,6-7H2,1H3,(H,24,26)/t20-/m0/s1. The summed E-state index contributed by atoms with van der Waals surface area (Å²) in [7, 11) is 0. The van der Waals surface area contributed by atoms with E-state index in [1.54, 1.807) is 18.2 Å². The first-order valence-electron chi connectivity index (χ1n) is 8.86. The minimum absolute atomic E-state index is 0.171. The lowest BCUT2D eigenvalue weighted by molar-refractivity contribution is -0.122. The van der Waals surface area contributed by atoms with Crippen LogP contribution in [0.1, 0.15) is 30.0 Å². The molecule has 2 aromatic carbocycles. The third-order valence-electron chi connectivity index (χ3n) is 4.65. The monoisotopic (exact) mass is 366 g/mol. The summed E-state index contributed by atoms with van der Waals surface area (Å²) in [4.78, 5) is 24.4. The lowest BCUT2D eigenvalue weighted by Gasteiger charge is -2.20. The molecule has 138 valence electrons. The smallest absolute Gasteiger partial charge is 0.336 e. The summed E-state index contributed by atoms with van der Waals surface area (Å²) in [5.41, 5.74) is 2.15. The molecule has 0 spiro atoms. The highest BCUT2D eigenvalue weighted by atomic mass is 19.1. The average Bonchev–Trinajstić information content (AvgIpc) is 3.44. The van der Waals surface area contributed by atoms with Crippen molar-refractivity contribution in [2.75, 3.05) is 5.32 Å². The number of rotatable bonds is 5. The van der Waals surface area contributed by atoms with Crippen LogP contribution in [0, 0.1) is 12.7 Å². The number of carbonyl (C=O) groups is 1. The van der Waals surface area contributed by atoms with Crippen LogP contribution in [0.2, 0.25) is 0 Å². The Morgan fingerprint density at radius 3 is 2.59 bits per heavy atom. The highest BCUT2D eigenvalue weighted by Crippen LogP contribution is 2.26. The first-order chi connectivity index (χ1) is 13.0. The molecule has 0 aliphatic heterocycles. The number of aryl methyl sites for hydroxylation is 1. The number of hydrogen-bond donors (Lipinski definition) is 2. The molecule has 0 unspecified atom stereocenters. The van der Waals surface area contributed by atoms with Crippen LogP contribution in [-0.2, 0) is 4.79 Å². The van der Waals surface area contributed by atoms with Gasteiger partial charge in [-0.1, -0.05) is 12.1 Å². The molecule has 1 atom stereocenters. The van der Waals surface area contributed by atoms with Gasteiger partial charge in [0.15, 0.2) is 0 Å². The predicted molar refractivity (Wildman–Crippen MR) is 101 cm³/mol. The zero-order chi connectivity index (χ0) is 19.0. The quantitative estimate of drug-likeness (QED) is 0.676. The molecule has 0 bridgehead atoms. The zero-order valence-corrected chi connectivity index (χ0v) is 14.8. The SMILES string of the molecule is Cc1cc(=O)oc2cc(N[C@H](C(=O)NC3CC3)c3ccc(F)cc3)ccc12. The molecule has 1 aliphatic carbocycles. The maximum atomic E-state index is 13.3. The molecule has 2 N–H and O–H groups in total. The molecule has 4 rings (SSSR count). The van der Waals surface area contributed by atoms with E-state index in [1.807, 2.05) is 19.1 Å². The summed E-state index contributed by atoms with van der Waals surface area (Å²) >= 11 is 0. The number of anilines is 1. The molecule has 27 heavy (non-hydrogen) atoms. The Balaban J connectivity index is 1.67. The van der Waals surface area contributed by atoms with Gasteiger partial charge in [0, 0.05) is 29.2 Å². The zero-order valence-electron chi connectivity index (χ0n) is 14.8. The molecular formula is C21H19FN2O3. The fourth-order valence-corrected chi connectivity index (χ4v) is 3.05. The number of halogens is 1. The van der Waals surface area contributed by atoms with Gasteiger partial charge in [-0.05, 0) is 55.2 Å². The molecular weight excluding hydrogens is 347 g/mol. The van der Waals surface area contributed by atoms with E-state index < -0.39 is 11.7 Å². The van der Waals surface area contributed by atoms with Crippen LogP contribution < -0.4 is 16.3 Å². The van der Waals surface area contributed by atoms with E-state index >= 15 is 0 Å². The van der Waals surface area contributed by atoms with Gasteiger partial charge in [-0.15, -0.1) is 0 Å². The molecule has 1 saturated carbocycles. The van der Waals surface area contributed by atoms with Gasteiger partial charge in [0.25, 0.3) is 0 Å². The van der Waals surface area contributed by atoms with E-state index in [2.05, 4.69) is 10.6 Å². The summed E-state index contributed by atoms with van der Waals surface area (Å²) in [5.74, 6) is -0.530. The van der Waals surface area contributed by atoms with Crippen molar-refractivity contribution in [2.45, 2.75) is 31.8 Å². The van der Waals surface area contributed by atoms with E-state index in [0.29, 0.717) is 16.8 Å². The molecule has 0 radical (unpaired) electrons. The fraction of sp³-hybridized carbons (Fsp3) is 0.238. The largest absolute Gasteiger partial charge is 0.423 e. The molecule has 1 heterocycles. The fourth-order valence-electron chi connectivity index (χ4n) is 3.05. The number of benzene rings is 2. The highest BCUT2D eigenvalue weighted by molar-refractivity contribution is 5.88. The Kier molecular flexibility index (Phi) is 4.39. The molecule has 1 aromatic heterocycles. The molecule has 1 aliphatic rings. The van der Waals surface area contributed by atoms with Crippen molar-refractivity contribution in [1.29, 1.82) is 0 Å². The van der Waals surface area contributed by atoms with Gasteiger partial charge in [-0.3, -0.25) is 4.79 Å². The second-order valence-corrected chi connectivity index (χ2v) is 6.87. The van der Waals surface area contributed by atoms with Crippen LogP contribution >= 0.6 is 0 Å². The normalized spacial score (nSPS) is 14.7. The summed E-state index contributed by atoms with van der Waals surface area (Å²) in [6, 6.07) is 12.2. The Labute approximate surface area is 155 Å². The van der Waals surface area contributed by atoms with E-state index in [9.17, 15) is 14.0 Å². The van der Waals surface area contributed by atoms with E-state index in [1.165, 1.54) is 18.2 Å². The van der Waals surface area contributed by atoms with E-state index in [0.717, 1.165) is 23.8 Å². The van der Waals surface area contributed by atoms with Crippen LogP contribution in [0.15, 0.2) is 57.7 Å². The minimum Gasteiger partial charge on any atom is -0.423 e. The van der Waals surface area contributed by atoms with Gasteiger partial charge < -0.3 is 15.1 Å². The van der Waals surface area contributed by atoms with Crippen LogP contribution in [0.25, 0.3) is 11.0 Å². The lowest BCUT2D eigenvalue weighted by atomic mass is 10.0. The highest BCUT2D eigenvalue weighted by Gasteiger charge is 2.28. The molecule has 3 aromatic rings. The number of fused-ring (bicyclic) bond motifs is 1. The van der Waals surface area contributed by atoms with Gasteiger partial charge >= 0.3 is 5.63 Å². The minimum atomic E-state index is -0.680. The van der Waals surface area contributed by atoms with Crippen LogP contribution in [0.4, 0.5) is 10.1 Å². The Morgan fingerprint density at radius 2 is 1.89 bits per heavy atom. The summed E-state index contributed by atoms with van der Waals surface area (Å²) < 4.78 is 18.6. The third kappa shape index (κ3) is 3.84. The third-order valence-corrected chi connectivity index (χ3v) is 4.65. The Morgan fingerprint density at radius 1 is 1.15 bits per heavy atom. The summed E-state index contributed by atoms with van der Waals surface area (Å²) in [6.07, 6.45) is 1.95. The van der Waals surface area contributed by atoms with Crippen molar-refractivity contribution in [3.63, 3.8) is 0 Å². The van der Waals surface area contributed by atoms with E-state index in [4.69, 9.17) is 4.42 Å². The van der Waals surface area contributed by atoms with Crippen LogP contribution in [0.3, 0.4) is 0 Å². The lowest BCUT2D eigenvalue weighted by Crippen LogP contribution is -2.34. The first-order valence-corrected chi connectivity index (χ1v) is 8.86. The molecule has 1 amide bonds. The van der Waals surface area contributed by atoms with Crippen molar-refractivity contribution >= 4 is 22.6 Å². The summed E-state index contributed by atoms with van der Waals surface area (Å²) in [5, 5.41) is 6.99. The second-order valence-electron chi connectivity index (χ2n) is 6.87. The predicted octanol–water partition coefficient (Wildman–Crippen LogP) is 3.67.